The maximum atomic E-state index is 13.3. The van der Waals surface area contributed by atoms with E-state index in [4.69, 9.17) is 11.6 Å². The minimum absolute atomic E-state index is 0.109. The van der Waals surface area contributed by atoms with Gasteiger partial charge in [0.15, 0.2) is 0 Å². The first-order chi connectivity index (χ1) is 8.08. The van der Waals surface area contributed by atoms with Crippen LogP contribution in [0.1, 0.15) is 44.3 Å². The minimum atomic E-state index is -0.565. The summed E-state index contributed by atoms with van der Waals surface area (Å²) in [5.41, 5.74) is 0.644. The zero-order valence-electron chi connectivity index (χ0n) is 10.00. The van der Waals surface area contributed by atoms with Crippen LogP contribution in [0.25, 0.3) is 0 Å². The normalized spacial score (nSPS) is 26.8. The monoisotopic (exact) mass is 256 g/mol. The molecule has 17 heavy (non-hydrogen) atoms. The fourth-order valence-corrected chi connectivity index (χ4v) is 2.85. The molecule has 3 heteroatoms. The molecule has 0 bridgehead atoms. The summed E-state index contributed by atoms with van der Waals surface area (Å²) in [5.74, 6) is 0.451. The highest BCUT2D eigenvalue weighted by Crippen LogP contribution is 2.37. The summed E-state index contributed by atoms with van der Waals surface area (Å²) in [6.07, 6.45) is 3.86. The van der Waals surface area contributed by atoms with Crippen molar-refractivity contribution in [2.45, 2.75) is 38.7 Å². The highest BCUT2D eigenvalue weighted by atomic mass is 35.5. The number of halogens is 2. The van der Waals surface area contributed by atoms with Crippen LogP contribution < -0.4 is 0 Å². The van der Waals surface area contributed by atoms with Crippen molar-refractivity contribution in [2.24, 2.45) is 11.8 Å². The standard InChI is InChI=1S/C14H18ClFO/c1-9-3-2-4-10(7-9)14(17)11-5-6-12(15)13(16)8-11/h5-6,8-10,14,17H,2-4,7H2,1H3. The molecule has 0 aromatic heterocycles. The van der Waals surface area contributed by atoms with E-state index in [0.29, 0.717) is 11.5 Å². The van der Waals surface area contributed by atoms with Crippen molar-refractivity contribution in [3.8, 4) is 0 Å². The highest BCUT2D eigenvalue weighted by molar-refractivity contribution is 6.30. The molecule has 1 aromatic carbocycles. The molecule has 94 valence electrons. The number of hydrogen-bond donors (Lipinski definition) is 1. The maximum Gasteiger partial charge on any atom is 0.142 e. The summed E-state index contributed by atoms with van der Waals surface area (Å²) in [5, 5.41) is 10.4. The van der Waals surface area contributed by atoms with Crippen molar-refractivity contribution < 1.29 is 9.50 Å². The zero-order valence-corrected chi connectivity index (χ0v) is 10.8. The first-order valence-electron chi connectivity index (χ1n) is 6.21. The van der Waals surface area contributed by atoms with Gasteiger partial charge in [-0.05, 0) is 42.4 Å². The van der Waals surface area contributed by atoms with Gasteiger partial charge in [0.1, 0.15) is 5.82 Å². The number of rotatable bonds is 2. The summed E-state index contributed by atoms with van der Waals surface area (Å²) in [7, 11) is 0. The molecule has 3 unspecified atom stereocenters. The van der Waals surface area contributed by atoms with Gasteiger partial charge in [0.25, 0.3) is 0 Å². The van der Waals surface area contributed by atoms with Crippen molar-refractivity contribution in [3.63, 3.8) is 0 Å². The lowest BCUT2D eigenvalue weighted by molar-refractivity contribution is 0.0712. The lowest BCUT2D eigenvalue weighted by Crippen LogP contribution is -2.20. The molecule has 0 saturated heterocycles. The van der Waals surface area contributed by atoms with Crippen molar-refractivity contribution in [3.05, 3.63) is 34.6 Å². The fraction of sp³-hybridized carbons (Fsp3) is 0.571. The molecule has 2 rings (SSSR count). The molecular weight excluding hydrogens is 239 g/mol. The van der Waals surface area contributed by atoms with Gasteiger partial charge < -0.3 is 5.11 Å². The van der Waals surface area contributed by atoms with E-state index in [2.05, 4.69) is 6.92 Å². The molecule has 1 aliphatic rings. The highest BCUT2D eigenvalue weighted by Gasteiger charge is 2.26. The van der Waals surface area contributed by atoms with Gasteiger partial charge in [-0.15, -0.1) is 0 Å². The van der Waals surface area contributed by atoms with E-state index in [9.17, 15) is 9.50 Å². The van der Waals surface area contributed by atoms with Crippen LogP contribution in [0.4, 0.5) is 4.39 Å². The first kappa shape index (κ1) is 12.8. The summed E-state index contributed by atoms with van der Waals surface area (Å²) >= 11 is 5.64. The Labute approximate surface area is 107 Å². The van der Waals surface area contributed by atoms with E-state index in [1.807, 2.05) is 0 Å². The Morgan fingerprint density at radius 2 is 2.18 bits per heavy atom. The smallest absolute Gasteiger partial charge is 0.142 e. The van der Waals surface area contributed by atoms with E-state index >= 15 is 0 Å². The van der Waals surface area contributed by atoms with Crippen LogP contribution in [-0.4, -0.2) is 5.11 Å². The second-order valence-corrected chi connectivity index (χ2v) is 5.56. The van der Waals surface area contributed by atoms with Crippen LogP contribution >= 0.6 is 11.6 Å². The molecule has 0 heterocycles. The van der Waals surface area contributed by atoms with Crippen LogP contribution in [0.3, 0.4) is 0 Å². The number of benzene rings is 1. The van der Waals surface area contributed by atoms with Gasteiger partial charge in [-0.1, -0.05) is 37.4 Å². The second kappa shape index (κ2) is 5.36. The Bertz CT molecular complexity index is 394. The molecule has 1 saturated carbocycles. The Balaban J connectivity index is 2.12. The predicted molar refractivity (Wildman–Crippen MR) is 67.5 cm³/mol. The molecule has 0 spiro atoms. The van der Waals surface area contributed by atoms with Gasteiger partial charge >= 0.3 is 0 Å². The molecule has 0 aliphatic heterocycles. The topological polar surface area (TPSA) is 20.2 Å². The van der Waals surface area contributed by atoms with E-state index in [0.717, 1.165) is 19.3 Å². The van der Waals surface area contributed by atoms with E-state index < -0.39 is 11.9 Å². The largest absolute Gasteiger partial charge is 0.388 e. The Hall–Kier alpha value is -0.600. The van der Waals surface area contributed by atoms with Gasteiger partial charge in [0.05, 0.1) is 11.1 Å². The van der Waals surface area contributed by atoms with E-state index in [1.165, 1.54) is 18.6 Å². The van der Waals surface area contributed by atoms with Gasteiger partial charge in [-0.3, -0.25) is 0 Å². The molecule has 1 N–H and O–H groups in total. The predicted octanol–water partition coefficient (Wildman–Crippen LogP) is 4.34. The van der Waals surface area contributed by atoms with Crippen molar-refractivity contribution in [1.29, 1.82) is 0 Å². The SMILES string of the molecule is CC1CCCC(C(O)c2ccc(Cl)c(F)c2)C1. The third-order valence-corrected chi connectivity index (χ3v) is 4.02. The zero-order chi connectivity index (χ0) is 12.4. The Morgan fingerprint density at radius 3 is 2.82 bits per heavy atom. The van der Waals surface area contributed by atoms with Gasteiger partial charge in [0.2, 0.25) is 0 Å². The van der Waals surface area contributed by atoms with Gasteiger partial charge in [-0.2, -0.15) is 0 Å². The summed E-state index contributed by atoms with van der Waals surface area (Å²) in [6, 6.07) is 4.59. The van der Waals surface area contributed by atoms with Crippen molar-refractivity contribution in [2.75, 3.05) is 0 Å². The third-order valence-electron chi connectivity index (χ3n) is 3.71. The quantitative estimate of drug-likeness (QED) is 0.835. The third kappa shape index (κ3) is 2.99. The maximum absolute atomic E-state index is 13.3. The van der Waals surface area contributed by atoms with Crippen molar-refractivity contribution >= 4 is 11.6 Å². The number of aliphatic hydroxyl groups excluding tert-OH is 1. The fourth-order valence-electron chi connectivity index (χ4n) is 2.74. The lowest BCUT2D eigenvalue weighted by Gasteiger charge is -2.30. The van der Waals surface area contributed by atoms with Crippen LogP contribution in [-0.2, 0) is 0 Å². The van der Waals surface area contributed by atoms with Gasteiger partial charge in [-0.25, -0.2) is 4.39 Å². The molecule has 0 amide bonds. The lowest BCUT2D eigenvalue weighted by atomic mass is 9.78. The summed E-state index contributed by atoms with van der Waals surface area (Å²) in [4.78, 5) is 0. The first-order valence-corrected chi connectivity index (χ1v) is 6.58. The van der Waals surface area contributed by atoms with Crippen LogP contribution in [0.2, 0.25) is 5.02 Å². The summed E-state index contributed by atoms with van der Waals surface area (Å²) in [6.45, 7) is 2.21. The van der Waals surface area contributed by atoms with Gasteiger partial charge in [0, 0.05) is 0 Å². The Morgan fingerprint density at radius 1 is 1.41 bits per heavy atom. The number of hydrogen-bond acceptors (Lipinski definition) is 1. The van der Waals surface area contributed by atoms with E-state index in [1.54, 1.807) is 6.07 Å². The summed E-state index contributed by atoms with van der Waals surface area (Å²) < 4.78 is 13.3. The van der Waals surface area contributed by atoms with Crippen LogP contribution in [0, 0.1) is 17.7 Å². The molecule has 1 aromatic rings. The second-order valence-electron chi connectivity index (χ2n) is 5.15. The van der Waals surface area contributed by atoms with Crippen LogP contribution in [0.5, 0.6) is 0 Å². The molecular formula is C14H18ClFO. The Kier molecular flexibility index (Phi) is 4.05. The van der Waals surface area contributed by atoms with Crippen LogP contribution in [0.15, 0.2) is 18.2 Å². The van der Waals surface area contributed by atoms with E-state index in [-0.39, 0.29) is 10.9 Å². The molecule has 1 aliphatic carbocycles. The minimum Gasteiger partial charge on any atom is -0.388 e. The van der Waals surface area contributed by atoms with Crippen molar-refractivity contribution in [1.82, 2.24) is 0 Å². The average Bonchev–Trinajstić information content (AvgIpc) is 2.32. The molecule has 0 radical (unpaired) electrons. The molecule has 3 atom stereocenters. The molecule has 1 nitrogen and oxygen atoms in total. The molecule has 1 fully saturated rings. The average molecular weight is 257 g/mol. The number of aliphatic hydroxyl groups is 1.